The topological polar surface area (TPSA) is 96.4 Å². The number of aromatic nitrogens is 2. The van der Waals surface area contributed by atoms with E-state index < -0.39 is 35.7 Å². The van der Waals surface area contributed by atoms with Crippen LogP contribution in [0.4, 0.5) is 13.2 Å². The van der Waals surface area contributed by atoms with Crippen molar-refractivity contribution in [2.24, 2.45) is 5.14 Å². The second-order valence-electron chi connectivity index (χ2n) is 7.50. The normalized spacial score (nSPS) is 12.7. The third-order valence-corrected chi connectivity index (χ3v) is 5.45. The van der Waals surface area contributed by atoms with Crippen LogP contribution in [0, 0.1) is 0 Å². The van der Waals surface area contributed by atoms with Crippen molar-refractivity contribution in [3.8, 4) is 22.4 Å². The average molecular weight is 481 g/mol. The fourth-order valence-corrected chi connectivity index (χ4v) is 3.51. The number of rotatable bonds is 8. The molecule has 33 heavy (non-hydrogen) atoms. The van der Waals surface area contributed by atoms with Crippen LogP contribution in [-0.2, 0) is 33.6 Å². The minimum absolute atomic E-state index is 0.121. The maximum Gasteiger partial charge on any atom is 0.435 e. The summed E-state index contributed by atoms with van der Waals surface area (Å²) < 4.78 is 57.5. The largest absolute Gasteiger partial charge is 0.593 e. The predicted molar refractivity (Wildman–Crippen MR) is 118 cm³/mol. The SMILES string of the molecule is CN(C)CCOC(=O)Cn1nc(C(F)(F)F)cc1-c1ccc(-c2cccc([S+](N)[O-])c2)cc1. The number of halogens is 3. The Kier molecular flexibility index (Phi) is 7.80. The molecule has 11 heteroatoms. The highest BCUT2D eigenvalue weighted by atomic mass is 32.2. The Morgan fingerprint density at radius 2 is 1.79 bits per heavy atom. The van der Waals surface area contributed by atoms with Crippen LogP contribution in [0.2, 0.25) is 0 Å². The van der Waals surface area contributed by atoms with Crippen molar-refractivity contribution >= 4 is 17.3 Å². The van der Waals surface area contributed by atoms with E-state index in [0.29, 0.717) is 17.0 Å². The summed E-state index contributed by atoms with van der Waals surface area (Å²) in [5.74, 6) is -0.682. The summed E-state index contributed by atoms with van der Waals surface area (Å²) >= 11 is -1.63. The molecule has 0 radical (unpaired) electrons. The molecule has 2 N–H and O–H groups in total. The Labute approximate surface area is 192 Å². The Balaban J connectivity index is 1.87. The summed E-state index contributed by atoms with van der Waals surface area (Å²) in [5, 5.41) is 9.02. The zero-order chi connectivity index (χ0) is 24.2. The Morgan fingerprint density at radius 3 is 2.39 bits per heavy atom. The van der Waals surface area contributed by atoms with Crippen LogP contribution in [-0.4, -0.2) is 52.4 Å². The second kappa shape index (κ2) is 10.4. The molecule has 3 rings (SSSR count). The molecule has 0 fully saturated rings. The van der Waals surface area contributed by atoms with Gasteiger partial charge in [0.05, 0.1) is 17.1 Å². The fraction of sp³-hybridized carbons (Fsp3) is 0.273. The average Bonchev–Trinajstić information content (AvgIpc) is 3.18. The van der Waals surface area contributed by atoms with Crippen LogP contribution in [0.1, 0.15) is 5.69 Å². The van der Waals surface area contributed by atoms with Crippen molar-refractivity contribution in [2.45, 2.75) is 17.6 Å². The van der Waals surface area contributed by atoms with Crippen molar-refractivity contribution in [2.75, 3.05) is 27.2 Å². The first-order valence-corrected chi connectivity index (χ1v) is 11.1. The van der Waals surface area contributed by atoms with Gasteiger partial charge < -0.3 is 14.2 Å². The summed E-state index contributed by atoms with van der Waals surface area (Å²) in [6.45, 7) is 0.160. The predicted octanol–water partition coefficient (Wildman–Crippen LogP) is 3.32. The molecular formula is C22H23F3N4O3S. The van der Waals surface area contributed by atoms with Crippen molar-refractivity contribution in [1.82, 2.24) is 14.7 Å². The molecule has 0 aliphatic rings. The van der Waals surface area contributed by atoms with Gasteiger partial charge in [-0.1, -0.05) is 36.4 Å². The molecule has 0 spiro atoms. The third kappa shape index (κ3) is 6.57. The number of nitrogens with two attached hydrogens (primary N) is 1. The van der Waals surface area contributed by atoms with E-state index in [1.807, 2.05) is 19.0 Å². The molecule has 0 aliphatic carbocycles. The summed E-state index contributed by atoms with van der Waals surface area (Å²) in [4.78, 5) is 14.4. The quantitative estimate of drug-likeness (QED) is 0.393. The molecule has 1 atom stereocenters. The van der Waals surface area contributed by atoms with Crippen molar-refractivity contribution in [1.29, 1.82) is 0 Å². The van der Waals surface area contributed by atoms with Crippen LogP contribution in [0.5, 0.6) is 0 Å². The van der Waals surface area contributed by atoms with E-state index in [1.54, 1.807) is 48.5 Å². The molecule has 0 aliphatic heterocycles. The van der Waals surface area contributed by atoms with E-state index >= 15 is 0 Å². The van der Waals surface area contributed by atoms with E-state index in [9.17, 15) is 22.5 Å². The molecule has 0 saturated carbocycles. The van der Waals surface area contributed by atoms with Gasteiger partial charge in [-0.15, -0.1) is 5.14 Å². The van der Waals surface area contributed by atoms with Gasteiger partial charge in [-0.3, -0.25) is 9.48 Å². The van der Waals surface area contributed by atoms with Gasteiger partial charge in [0.15, 0.2) is 10.6 Å². The number of hydrogen-bond donors (Lipinski definition) is 1. The molecule has 0 bridgehead atoms. The number of alkyl halides is 3. The number of ether oxygens (including phenoxy) is 1. The van der Waals surface area contributed by atoms with Gasteiger partial charge in [0, 0.05) is 12.6 Å². The smallest absolute Gasteiger partial charge is 0.435 e. The monoisotopic (exact) mass is 480 g/mol. The number of nitrogens with zero attached hydrogens (tertiary/aromatic N) is 3. The lowest BCUT2D eigenvalue weighted by Gasteiger charge is -2.11. The molecule has 1 heterocycles. The van der Waals surface area contributed by atoms with Crippen LogP contribution in [0.25, 0.3) is 22.4 Å². The molecule has 0 amide bonds. The highest BCUT2D eigenvalue weighted by Crippen LogP contribution is 2.33. The lowest BCUT2D eigenvalue weighted by molar-refractivity contribution is -0.146. The van der Waals surface area contributed by atoms with Gasteiger partial charge in [-0.05, 0) is 42.9 Å². The number of carbonyl (C=O) groups excluding carboxylic acids is 1. The Morgan fingerprint density at radius 1 is 1.12 bits per heavy atom. The van der Waals surface area contributed by atoms with E-state index in [0.717, 1.165) is 21.9 Å². The maximum absolute atomic E-state index is 13.3. The van der Waals surface area contributed by atoms with E-state index in [2.05, 4.69) is 5.10 Å². The summed E-state index contributed by atoms with van der Waals surface area (Å²) in [6.07, 6.45) is -4.66. The number of likely N-dealkylation sites (N-methyl/N-ethyl adjacent to an activating group) is 1. The highest BCUT2D eigenvalue weighted by molar-refractivity contribution is 7.89. The van der Waals surface area contributed by atoms with Crippen molar-refractivity contribution in [3.63, 3.8) is 0 Å². The van der Waals surface area contributed by atoms with Gasteiger partial charge in [0.2, 0.25) is 0 Å². The second-order valence-corrected chi connectivity index (χ2v) is 8.56. The van der Waals surface area contributed by atoms with E-state index in [-0.39, 0.29) is 12.3 Å². The van der Waals surface area contributed by atoms with E-state index in [1.165, 1.54) is 0 Å². The van der Waals surface area contributed by atoms with Gasteiger partial charge in [0.25, 0.3) is 0 Å². The first kappa shape index (κ1) is 24.8. The Bertz CT molecular complexity index is 1100. The molecule has 1 aromatic heterocycles. The van der Waals surface area contributed by atoms with Crippen LogP contribution in [0.3, 0.4) is 0 Å². The lowest BCUT2D eigenvalue weighted by Crippen LogP contribution is -2.22. The zero-order valence-corrected chi connectivity index (χ0v) is 18.8. The van der Waals surface area contributed by atoms with E-state index in [4.69, 9.17) is 9.88 Å². The fourth-order valence-electron chi connectivity index (χ4n) is 3.05. The summed E-state index contributed by atoms with van der Waals surface area (Å²) in [6, 6.07) is 14.4. The molecule has 2 aromatic carbocycles. The number of hydrogen-bond acceptors (Lipinski definition) is 6. The van der Waals surface area contributed by atoms with Gasteiger partial charge in [-0.2, -0.15) is 18.3 Å². The van der Waals surface area contributed by atoms with Crippen LogP contribution < -0.4 is 5.14 Å². The first-order chi connectivity index (χ1) is 15.5. The molecule has 3 aromatic rings. The zero-order valence-electron chi connectivity index (χ0n) is 18.0. The standard InChI is InChI=1S/C22H23F3N4O3S/c1-28(2)10-11-32-21(30)14-29-19(13-20(27-29)22(23,24)25)16-8-6-15(7-9-16)17-4-3-5-18(12-17)33(26)31/h3-9,12-13H,10-11,14,26H2,1-2H3. The highest BCUT2D eigenvalue weighted by Gasteiger charge is 2.35. The van der Waals surface area contributed by atoms with Crippen LogP contribution in [0.15, 0.2) is 59.5 Å². The van der Waals surface area contributed by atoms with Gasteiger partial charge >= 0.3 is 12.1 Å². The Hall–Kier alpha value is -2.86. The number of carbonyl (C=O) groups is 1. The molecule has 176 valence electrons. The first-order valence-electron chi connectivity index (χ1n) is 9.87. The lowest BCUT2D eigenvalue weighted by atomic mass is 10.0. The molecular weight excluding hydrogens is 457 g/mol. The maximum atomic E-state index is 13.3. The minimum Gasteiger partial charge on any atom is -0.593 e. The van der Waals surface area contributed by atoms with Crippen molar-refractivity contribution < 1.29 is 27.3 Å². The number of benzene rings is 2. The summed E-state index contributed by atoms with van der Waals surface area (Å²) in [5.41, 5.74) is 1.00. The van der Waals surface area contributed by atoms with Gasteiger partial charge in [-0.25, -0.2) is 0 Å². The third-order valence-electron chi connectivity index (χ3n) is 4.73. The van der Waals surface area contributed by atoms with Crippen molar-refractivity contribution in [3.05, 3.63) is 60.3 Å². The van der Waals surface area contributed by atoms with Gasteiger partial charge in [0.1, 0.15) is 13.2 Å². The molecule has 1 unspecified atom stereocenters. The minimum atomic E-state index is -4.66. The molecule has 0 saturated heterocycles. The summed E-state index contributed by atoms with van der Waals surface area (Å²) in [7, 11) is 3.62. The molecule has 7 nitrogen and oxygen atoms in total. The number of esters is 1. The van der Waals surface area contributed by atoms with Crippen LogP contribution >= 0.6 is 0 Å².